The van der Waals surface area contributed by atoms with Crippen molar-refractivity contribution in [1.82, 2.24) is 44.5 Å². The molecule has 2 aromatic carbocycles. The second-order valence-electron chi connectivity index (χ2n) is 22.3. The zero-order chi connectivity index (χ0) is 51.4. The average molecular weight is 1030 g/mol. The number of hydrogen-bond acceptors (Lipinski definition) is 11. The fraction of sp³-hybridized carbons (Fsp3) is 0.554. The van der Waals surface area contributed by atoms with Crippen LogP contribution in [0, 0.1) is 22.7 Å². The van der Waals surface area contributed by atoms with Gasteiger partial charge >= 0.3 is 0 Å². The number of benzene rings is 2. The largest absolute Gasteiger partial charge is 0.368 e. The van der Waals surface area contributed by atoms with Crippen molar-refractivity contribution in [2.45, 2.75) is 122 Å². The first kappa shape index (κ1) is 50.1. The van der Waals surface area contributed by atoms with Gasteiger partial charge < -0.3 is 29.4 Å². The van der Waals surface area contributed by atoms with Crippen LogP contribution in [0.4, 0.5) is 31.8 Å². The van der Waals surface area contributed by atoms with Crippen LogP contribution in [0.1, 0.15) is 129 Å². The van der Waals surface area contributed by atoms with Crippen LogP contribution in [0.15, 0.2) is 54.9 Å². The smallest absolute Gasteiger partial charge is 0.274 e. The molecule has 1 aliphatic carbocycles. The number of rotatable bonds is 10. The summed E-state index contributed by atoms with van der Waals surface area (Å²) in [5.74, 6) is 2.12. The monoisotopic (exact) mass is 1030 g/mol. The summed E-state index contributed by atoms with van der Waals surface area (Å²) < 4.78 is 33.5. The number of piperidine rings is 2. The van der Waals surface area contributed by atoms with E-state index in [9.17, 15) is 23.6 Å². The van der Waals surface area contributed by atoms with Gasteiger partial charge in [0.05, 0.1) is 29.4 Å². The number of nitrogens with zero attached hydrogens (tertiary/aromatic N) is 13. The van der Waals surface area contributed by atoms with Crippen molar-refractivity contribution in [3.8, 4) is 17.2 Å². The molecule has 6 aliphatic rings. The predicted octanol–water partition coefficient (Wildman–Crippen LogP) is 9.38. The number of nitriles is 1. The lowest BCUT2D eigenvalue weighted by molar-refractivity contribution is -0.129. The highest BCUT2D eigenvalue weighted by Crippen LogP contribution is 2.47. The number of carbonyl (C=O) groups is 2. The summed E-state index contributed by atoms with van der Waals surface area (Å²) >= 11 is 6.41. The quantitative estimate of drug-likeness (QED) is 0.132. The first-order valence-corrected chi connectivity index (χ1v) is 27.2. The van der Waals surface area contributed by atoms with Crippen LogP contribution in [0.25, 0.3) is 11.1 Å². The Labute approximate surface area is 438 Å². The number of aryl methyl sites for hydroxylation is 2. The van der Waals surface area contributed by atoms with Gasteiger partial charge in [-0.1, -0.05) is 11.6 Å². The van der Waals surface area contributed by atoms with Crippen molar-refractivity contribution in [2.24, 2.45) is 18.4 Å². The number of carbonyl (C=O) groups excluding carboxylic acids is 2. The number of hydrogen-bond donors (Lipinski definition) is 0. The molecule has 5 aliphatic heterocycles. The summed E-state index contributed by atoms with van der Waals surface area (Å²) in [4.78, 5) is 39.7. The normalized spacial score (nSPS) is 22.3. The second-order valence-corrected chi connectivity index (χ2v) is 22.7. The fourth-order valence-electron chi connectivity index (χ4n) is 13.5. The van der Waals surface area contributed by atoms with E-state index in [1.54, 1.807) is 37.1 Å². The molecule has 74 heavy (non-hydrogen) atoms. The topological polar surface area (TPSA) is 139 Å². The molecule has 8 heterocycles. The molecule has 2 amide bonds. The van der Waals surface area contributed by atoms with Crippen LogP contribution in [-0.4, -0.2) is 128 Å². The van der Waals surface area contributed by atoms with E-state index in [0.29, 0.717) is 65.4 Å². The molecule has 18 heteroatoms. The molecule has 11 rings (SSSR count). The zero-order valence-corrected chi connectivity index (χ0v) is 44.0. The molecule has 390 valence electrons. The average Bonchev–Trinajstić information content (AvgIpc) is 4.13. The molecule has 1 spiro atoms. The minimum Gasteiger partial charge on any atom is -0.368 e. The van der Waals surface area contributed by atoms with Crippen molar-refractivity contribution >= 4 is 46.4 Å². The molecule has 1 saturated carbocycles. The lowest BCUT2D eigenvalue weighted by atomic mass is 9.77. The summed E-state index contributed by atoms with van der Waals surface area (Å²) in [5.41, 5.74) is 7.36. The SMILES string of the molecule is CC(=O)N1CCc2c(c(N3CCCc4cc(-c5cnn(C)c5)c(C(F)F)cc43)nn2C2CCC(CN3CCC(N(C)C(=O)c4ccc(N5CCC6(CC5)C[C@H](C)N(c5ccc(C#N)c(Cl)c5)C6)nn4)CC3)CC2)C1. The molecular weight excluding hydrogens is 960 g/mol. The van der Waals surface area contributed by atoms with Gasteiger partial charge in [-0.15, -0.1) is 10.2 Å². The number of anilines is 4. The highest BCUT2D eigenvalue weighted by molar-refractivity contribution is 6.32. The Morgan fingerprint density at radius 3 is 2.42 bits per heavy atom. The number of fused-ring (bicyclic) bond motifs is 2. The van der Waals surface area contributed by atoms with Crippen LogP contribution < -0.4 is 14.7 Å². The molecule has 0 unspecified atom stereocenters. The molecular formula is C56H68ClF2N13O2. The van der Waals surface area contributed by atoms with Crippen LogP contribution in [0.3, 0.4) is 0 Å². The van der Waals surface area contributed by atoms with E-state index >= 15 is 0 Å². The third kappa shape index (κ3) is 9.72. The first-order chi connectivity index (χ1) is 35.7. The van der Waals surface area contributed by atoms with E-state index < -0.39 is 6.43 Å². The number of amides is 2. The van der Waals surface area contributed by atoms with E-state index in [-0.39, 0.29) is 34.9 Å². The molecule has 0 radical (unpaired) electrons. The van der Waals surface area contributed by atoms with Gasteiger partial charge in [-0.2, -0.15) is 15.5 Å². The molecule has 0 N–H and O–H groups in total. The van der Waals surface area contributed by atoms with Crippen molar-refractivity contribution < 1.29 is 18.4 Å². The summed E-state index contributed by atoms with van der Waals surface area (Å²) in [6.07, 6.45) is 12.4. The minimum absolute atomic E-state index is 0.00854. The predicted molar refractivity (Wildman–Crippen MR) is 282 cm³/mol. The van der Waals surface area contributed by atoms with Gasteiger partial charge in [-0.25, -0.2) is 8.78 Å². The van der Waals surface area contributed by atoms with Gasteiger partial charge in [0, 0.05) is 132 Å². The van der Waals surface area contributed by atoms with Crippen LogP contribution in [0.2, 0.25) is 5.02 Å². The molecule has 5 aromatic rings. The Morgan fingerprint density at radius 1 is 0.959 bits per heavy atom. The molecule has 15 nitrogen and oxygen atoms in total. The summed E-state index contributed by atoms with van der Waals surface area (Å²) in [6.45, 7) is 11.3. The van der Waals surface area contributed by atoms with Crippen molar-refractivity contribution in [3.63, 3.8) is 0 Å². The number of alkyl halides is 2. The Balaban J connectivity index is 0.678. The van der Waals surface area contributed by atoms with Gasteiger partial charge in [0.1, 0.15) is 6.07 Å². The number of aromatic nitrogens is 6. The number of likely N-dealkylation sites (tertiary alicyclic amines) is 1. The van der Waals surface area contributed by atoms with Crippen molar-refractivity contribution in [2.75, 3.05) is 74.1 Å². The highest BCUT2D eigenvalue weighted by Gasteiger charge is 2.45. The fourth-order valence-corrected chi connectivity index (χ4v) is 13.7. The van der Waals surface area contributed by atoms with Gasteiger partial charge in [-0.3, -0.25) is 19.0 Å². The van der Waals surface area contributed by atoms with E-state index in [2.05, 4.69) is 52.6 Å². The maximum Gasteiger partial charge on any atom is 0.274 e. The van der Waals surface area contributed by atoms with Gasteiger partial charge in [-0.05, 0) is 142 Å². The summed E-state index contributed by atoms with van der Waals surface area (Å²) in [7, 11) is 3.70. The third-order valence-electron chi connectivity index (χ3n) is 17.7. The Bertz CT molecular complexity index is 2930. The standard InChI is InChI=1S/C56H68ClF2N13O2/c1-36-29-56(35-71(36)44-12-9-40(30-60)48(57)27-44)18-24-68(25-19-56)52-14-13-49(62-63-52)55(74)66(4)42-15-21-67(22-16-42)32-38-7-10-43(11-8-38)72-50-17-23-69(37(2)73)34-47(50)54(64-72)70-20-5-6-39-26-45(41-31-61-65(3)33-41)46(53(58)59)28-51(39)70/h9,12-14,26-28,31,33,36,38,42-43,53H,5-8,10-11,15-25,29,32,34-35H2,1-4H3/t36-,38?,43?/m0/s1. The Hall–Kier alpha value is -6.12. The molecule has 3 aromatic heterocycles. The highest BCUT2D eigenvalue weighted by atomic mass is 35.5. The summed E-state index contributed by atoms with van der Waals surface area (Å²) in [5, 5.41) is 28.5. The Kier molecular flexibility index (Phi) is 13.9. The molecule has 3 saturated heterocycles. The maximum atomic E-state index is 14.8. The van der Waals surface area contributed by atoms with Gasteiger partial charge in [0.2, 0.25) is 5.91 Å². The van der Waals surface area contributed by atoms with Gasteiger partial charge in [0.25, 0.3) is 12.3 Å². The third-order valence-corrected chi connectivity index (χ3v) is 18.0. The molecule has 1 atom stereocenters. The van der Waals surface area contributed by atoms with E-state index in [4.69, 9.17) is 16.7 Å². The Morgan fingerprint density at radius 2 is 1.74 bits per heavy atom. The number of halogens is 3. The van der Waals surface area contributed by atoms with Gasteiger partial charge in [0.15, 0.2) is 17.3 Å². The molecule has 4 fully saturated rings. The lowest BCUT2D eigenvalue weighted by Crippen LogP contribution is -2.47. The minimum atomic E-state index is -2.66. The van der Waals surface area contributed by atoms with Crippen molar-refractivity contribution in [1.29, 1.82) is 5.26 Å². The summed E-state index contributed by atoms with van der Waals surface area (Å²) in [6, 6.07) is 16.0. The van der Waals surface area contributed by atoms with Crippen LogP contribution >= 0.6 is 11.6 Å². The van der Waals surface area contributed by atoms with Crippen molar-refractivity contribution in [3.05, 3.63) is 93.5 Å². The van der Waals surface area contributed by atoms with Crippen LogP contribution in [-0.2, 0) is 31.2 Å². The first-order valence-electron chi connectivity index (χ1n) is 26.9. The second kappa shape index (κ2) is 20.5. The van der Waals surface area contributed by atoms with E-state index in [1.807, 2.05) is 53.2 Å². The lowest BCUT2D eigenvalue weighted by Gasteiger charge is -2.40. The molecule has 0 bridgehead atoms. The van der Waals surface area contributed by atoms with E-state index in [0.717, 1.165) is 144 Å². The van der Waals surface area contributed by atoms with E-state index in [1.165, 1.54) is 5.69 Å². The van der Waals surface area contributed by atoms with Crippen LogP contribution in [0.5, 0.6) is 0 Å². The zero-order valence-electron chi connectivity index (χ0n) is 43.2. The maximum absolute atomic E-state index is 14.8.